The minimum absolute atomic E-state index is 0.169. The molecule has 2 aliphatic rings. The Bertz CT molecular complexity index is 1890. The summed E-state index contributed by atoms with van der Waals surface area (Å²) in [5, 5.41) is 19.3. The Morgan fingerprint density at radius 2 is 1.06 bits per heavy atom. The third-order valence-corrected chi connectivity index (χ3v) is 9.20. The first-order chi connectivity index (χ1) is 22.8. The SMILES string of the molecule is CC1Cn2cc(O)c(=O)cc2CN1Cc1ccccc1.O=c1cc2n(cc1O)CC(CCc1ccccc1)N(Cc1ccccc1)C2. The molecule has 0 amide bonds. The van der Waals surface area contributed by atoms with Gasteiger partial charge in [0.15, 0.2) is 11.5 Å². The minimum Gasteiger partial charge on any atom is -0.503 e. The van der Waals surface area contributed by atoms with Crippen molar-refractivity contribution in [2.75, 3.05) is 0 Å². The number of benzene rings is 3. The van der Waals surface area contributed by atoms with E-state index in [4.69, 9.17) is 0 Å². The van der Waals surface area contributed by atoms with Crippen molar-refractivity contribution < 1.29 is 10.2 Å². The van der Waals surface area contributed by atoms with Crippen LogP contribution in [0.2, 0.25) is 0 Å². The lowest BCUT2D eigenvalue weighted by Gasteiger charge is -2.38. The smallest absolute Gasteiger partial charge is 0.223 e. The van der Waals surface area contributed by atoms with Crippen molar-refractivity contribution in [3.05, 3.63) is 164 Å². The molecule has 0 radical (unpaired) electrons. The lowest BCUT2D eigenvalue weighted by molar-refractivity contribution is 0.122. The summed E-state index contributed by atoms with van der Waals surface area (Å²) in [5.74, 6) is -0.338. The summed E-state index contributed by atoms with van der Waals surface area (Å²) in [4.78, 5) is 28.2. The minimum atomic E-state index is -0.302. The Kier molecular flexibility index (Phi) is 10.00. The molecule has 242 valence electrons. The average Bonchev–Trinajstić information content (AvgIpc) is 3.08. The molecular weight excluding hydrogens is 588 g/mol. The molecule has 0 aliphatic carbocycles. The van der Waals surface area contributed by atoms with Gasteiger partial charge in [-0.25, -0.2) is 0 Å². The van der Waals surface area contributed by atoms with Crippen molar-refractivity contribution in [3.8, 4) is 11.5 Å². The fraction of sp³-hybridized carbons (Fsp3) is 0.282. The largest absolute Gasteiger partial charge is 0.503 e. The molecular formula is C39H42N4O4. The molecule has 47 heavy (non-hydrogen) atoms. The van der Waals surface area contributed by atoms with Crippen LogP contribution in [0.5, 0.6) is 11.5 Å². The van der Waals surface area contributed by atoms with Crippen LogP contribution in [-0.2, 0) is 45.7 Å². The Labute approximate surface area is 275 Å². The van der Waals surface area contributed by atoms with Crippen molar-refractivity contribution in [3.63, 3.8) is 0 Å². The second-order valence-electron chi connectivity index (χ2n) is 12.6. The maximum atomic E-state index is 11.9. The van der Waals surface area contributed by atoms with E-state index >= 15 is 0 Å². The molecule has 3 aromatic carbocycles. The number of rotatable bonds is 7. The fourth-order valence-electron chi connectivity index (χ4n) is 6.55. The van der Waals surface area contributed by atoms with Crippen LogP contribution >= 0.6 is 0 Å². The Hall–Kier alpha value is -4.92. The number of pyridine rings is 2. The molecule has 0 spiro atoms. The predicted octanol–water partition coefficient (Wildman–Crippen LogP) is 5.53. The van der Waals surface area contributed by atoms with Crippen LogP contribution in [0.15, 0.2) is 125 Å². The van der Waals surface area contributed by atoms with Crippen LogP contribution < -0.4 is 10.9 Å². The standard InChI is InChI=1S/C23H24N2O2.C16H18N2O2/c26-22-13-21-16-24(14-19-9-5-2-6-10-19)20(15-25(21)17-23(22)27)12-11-18-7-3-1-4-8-18;1-12-8-18-11-16(20)15(19)7-14(18)10-17(12)9-13-5-3-2-4-6-13/h1-10,13,17,20,27H,11-12,14-16H2;2-7,11-12,20H,8-10H2,1H3. The van der Waals surface area contributed by atoms with Gasteiger partial charge in [-0.3, -0.25) is 19.4 Å². The van der Waals surface area contributed by atoms with E-state index in [1.165, 1.54) is 16.7 Å². The van der Waals surface area contributed by atoms with Gasteiger partial charge in [0.2, 0.25) is 10.9 Å². The van der Waals surface area contributed by atoms with Crippen molar-refractivity contribution in [1.29, 1.82) is 0 Å². The van der Waals surface area contributed by atoms with Gasteiger partial charge in [-0.15, -0.1) is 0 Å². The monoisotopic (exact) mass is 630 g/mol. The van der Waals surface area contributed by atoms with E-state index in [9.17, 15) is 19.8 Å². The summed E-state index contributed by atoms with van der Waals surface area (Å²) >= 11 is 0. The molecule has 8 nitrogen and oxygen atoms in total. The van der Waals surface area contributed by atoms with Gasteiger partial charge in [0.05, 0.1) is 12.4 Å². The molecule has 2 N–H and O–H groups in total. The lowest BCUT2D eigenvalue weighted by atomic mass is 10.0. The van der Waals surface area contributed by atoms with Crippen LogP contribution in [0.4, 0.5) is 0 Å². The number of aromatic hydroxyl groups is 2. The first kappa shape index (κ1) is 32.0. The molecule has 2 atom stereocenters. The number of hydrogen-bond donors (Lipinski definition) is 2. The highest BCUT2D eigenvalue weighted by molar-refractivity contribution is 5.24. The van der Waals surface area contributed by atoms with E-state index in [0.717, 1.165) is 57.0 Å². The summed E-state index contributed by atoms with van der Waals surface area (Å²) in [7, 11) is 0. The third-order valence-electron chi connectivity index (χ3n) is 9.20. The first-order valence-electron chi connectivity index (χ1n) is 16.3. The predicted molar refractivity (Wildman–Crippen MR) is 184 cm³/mol. The molecule has 8 heteroatoms. The fourth-order valence-corrected chi connectivity index (χ4v) is 6.55. The number of nitrogens with zero attached hydrogens (tertiary/aromatic N) is 4. The molecule has 2 aromatic heterocycles. The molecule has 2 unspecified atom stereocenters. The molecule has 2 aliphatic heterocycles. The molecule has 0 saturated carbocycles. The highest BCUT2D eigenvalue weighted by atomic mass is 16.3. The van der Waals surface area contributed by atoms with Crippen molar-refractivity contribution >= 4 is 0 Å². The van der Waals surface area contributed by atoms with Gasteiger partial charge in [0.25, 0.3) is 0 Å². The second-order valence-corrected chi connectivity index (χ2v) is 12.6. The zero-order valence-electron chi connectivity index (χ0n) is 26.8. The number of aryl methyl sites for hydroxylation is 1. The Morgan fingerprint density at radius 3 is 1.60 bits per heavy atom. The lowest BCUT2D eigenvalue weighted by Crippen LogP contribution is -2.43. The van der Waals surface area contributed by atoms with E-state index in [0.29, 0.717) is 18.6 Å². The van der Waals surface area contributed by atoms with Crippen LogP contribution in [-0.4, -0.2) is 41.2 Å². The van der Waals surface area contributed by atoms with Crippen LogP contribution in [0.1, 0.15) is 41.4 Å². The van der Waals surface area contributed by atoms with Gasteiger partial charge in [-0.1, -0.05) is 91.0 Å². The van der Waals surface area contributed by atoms with Gasteiger partial charge in [-0.2, -0.15) is 0 Å². The van der Waals surface area contributed by atoms with E-state index < -0.39 is 0 Å². The second kappa shape index (κ2) is 14.7. The molecule has 0 fully saturated rings. The topological polar surface area (TPSA) is 90.9 Å². The highest BCUT2D eigenvalue weighted by Crippen LogP contribution is 2.24. The Balaban J connectivity index is 0.000000172. The van der Waals surface area contributed by atoms with E-state index in [-0.39, 0.29) is 22.4 Å². The molecule has 4 heterocycles. The summed E-state index contributed by atoms with van der Waals surface area (Å²) in [5.41, 5.74) is 5.21. The maximum Gasteiger partial charge on any atom is 0.223 e. The highest BCUT2D eigenvalue weighted by Gasteiger charge is 2.26. The third kappa shape index (κ3) is 8.09. The van der Waals surface area contributed by atoms with Gasteiger partial charge in [0.1, 0.15) is 0 Å². The summed E-state index contributed by atoms with van der Waals surface area (Å²) in [6, 6.07) is 35.1. The normalized spacial score (nSPS) is 17.6. The molecule has 7 rings (SSSR count). The van der Waals surface area contributed by atoms with E-state index in [1.54, 1.807) is 24.5 Å². The molecule has 0 bridgehead atoms. The van der Waals surface area contributed by atoms with Crippen LogP contribution in [0, 0.1) is 0 Å². The van der Waals surface area contributed by atoms with Gasteiger partial charge in [-0.05, 0) is 36.5 Å². The quantitative estimate of drug-likeness (QED) is 0.246. The Morgan fingerprint density at radius 1 is 0.617 bits per heavy atom. The zero-order chi connectivity index (χ0) is 32.8. The van der Waals surface area contributed by atoms with Crippen molar-refractivity contribution in [2.24, 2.45) is 0 Å². The maximum absolute atomic E-state index is 11.9. The van der Waals surface area contributed by atoms with Gasteiger partial charge < -0.3 is 19.3 Å². The van der Waals surface area contributed by atoms with E-state index in [1.807, 2.05) is 39.5 Å². The number of aromatic nitrogens is 2. The first-order valence-corrected chi connectivity index (χ1v) is 16.3. The summed E-state index contributed by atoms with van der Waals surface area (Å²) in [6.45, 7) is 6.90. The molecule has 0 saturated heterocycles. The number of fused-ring (bicyclic) bond motifs is 2. The zero-order valence-corrected chi connectivity index (χ0v) is 26.8. The van der Waals surface area contributed by atoms with Gasteiger partial charge >= 0.3 is 0 Å². The average molecular weight is 631 g/mol. The van der Waals surface area contributed by atoms with Crippen molar-refractivity contribution in [1.82, 2.24) is 18.9 Å². The van der Waals surface area contributed by atoms with Crippen LogP contribution in [0.3, 0.4) is 0 Å². The van der Waals surface area contributed by atoms with E-state index in [2.05, 4.69) is 77.4 Å². The molecule has 5 aromatic rings. The number of hydrogen-bond acceptors (Lipinski definition) is 6. The van der Waals surface area contributed by atoms with Gasteiger partial charge in [0, 0.05) is 74.9 Å². The van der Waals surface area contributed by atoms with Crippen molar-refractivity contribution in [2.45, 2.75) is 71.1 Å². The van der Waals surface area contributed by atoms with Crippen LogP contribution in [0.25, 0.3) is 0 Å². The summed E-state index contributed by atoms with van der Waals surface area (Å²) in [6.07, 6.45) is 5.18. The summed E-state index contributed by atoms with van der Waals surface area (Å²) < 4.78 is 4.01.